The highest BCUT2D eigenvalue weighted by molar-refractivity contribution is 5.71. The number of anilines is 1. The first-order chi connectivity index (χ1) is 13.2. The number of phenols is 1. The lowest BCUT2D eigenvalue weighted by molar-refractivity contribution is -0.137. The lowest BCUT2D eigenvalue weighted by Gasteiger charge is -2.38. The summed E-state index contributed by atoms with van der Waals surface area (Å²) in [5, 5.41) is 21.9. The van der Waals surface area contributed by atoms with E-state index in [0.29, 0.717) is 35.2 Å². The Morgan fingerprint density at radius 3 is 2.50 bits per heavy atom. The second-order valence-electron chi connectivity index (χ2n) is 7.78. The van der Waals surface area contributed by atoms with Crippen LogP contribution in [-0.4, -0.2) is 45.4 Å². The van der Waals surface area contributed by atoms with Gasteiger partial charge in [0.25, 0.3) is 0 Å². The maximum atomic E-state index is 12.9. The van der Waals surface area contributed by atoms with Gasteiger partial charge in [0.15, 0.2) is 0 Å². The zero-order valence-corrected chi connectivity index (χ0v) is 15.8. The molecule has 2 N–H and O–H groups in total. The fraction of sp³-hybridized carbons (Fsp3) is 0.500. The minimum absolute atomic E-state index is 0.267. The minimum Gasteiger partial charge on any atom is -0.507 e. The lowest BCUT2D eigenvalue weighted by Crippen LogP contribution is -2.48. The molecule has 1 aromatic heterocycles. The fourth-order valence-corrected chi connectivity index (χ4v) is 4.60. The number of halogens is 3. The highest BCUT2D eigenvalue weighted by Gasteiger charge is 2.40. The third kappa shape index (κ3) is 3.41. The van der Waals surface area contributed by atoms with E-state index in [0.717, 1.165) is 25.0 Å². The van der Waals surface area contributed by atoms with Crippen molar-refractivity contribution >= 4 is 5.82 Å². The number of nitrogens with one attached hydrogen (secondary N) is 1. The molecule has 2 aliphatic heterocycles. The van der Waals surface area contributed by atoms with Crippen molar-refractivity contribution in [3.63, 3.8) is 0 Å². The number of likely N-dealkylation sites (N-methyl/N-ethyl adjacent to an activating group) is 1. The smallest absolute Gasteiger partial charge is 0.416 e. The van der Waals surface area contributed by atoms with Crippen LogP contribution in [0.2, 0.25) is 0 Å². The van der Waals surface area contributed by atoms with E-state index in [1.165, 1.54) is 19.8 Å². The molecule has 0 saturated carbocycles. The first-order valence-electron chi connectivity index (χ1n) is 9.47. The molecule has 0 aliphatic carbocycles. The van der Waals surface area contributed by atoms with E-state index in [1.807, 2.05) is 0 Å². The first-order valence-corrected chi connectivity index (χ1v) is 9.47. The number of hydrogen-bond donors (Lipinski definition) is 2. The van der Waals surface area contributed by atoms with Gasteiger partial charge >= 0.3 is 6.18 Å². The normalized spacial score (nSPS) is 25.1. The van der Waals surface area contributed by atoms with E-state index in [-0.39, 0.29) is 5.56 Å². The molecule has 2 aromatic rings. The lowest BCUT2D eigenvalue weighted by atomic mass is 9.98. The molecule has 0 amide bonds. The Bertz CT molecular complexity index is 846. The van der Waals surface area contributed by atoms with Crippen LogP contribution in [0.15, 0.2) is 24.3 Å². The predicted octanol–water partition coefficient (Wildman–Crippen LogP) is 4.21. The van der Waals surface area contributed by atoms with Gasteiger partial charge in [0.1, 0.15) is 11.6 Å². The molecule has 0 unspecified atom stereocenters. The average Bonchev–Trinajstić information content (AvgIpc) is 2.85. The van der Waals surface area contributed by atoms with Gasteiger partial charge in [0, 0.05) is 23.7 Å². The van der Waals surface area contributed by atoms with E-state index < -0.39 is 17.5 Å². The molecule has 0 spiro atoms. The van der Waals surface area contributed by atoms with Gasteiger partial charge in [-0.3, -0.25) is 4.90 Å². The third-order valence-electron chi connectivity index (χ3n) is 6.07. The van der Waals surface area contributed by atoms with Gasteiger partial charge in [0.05, 0.1) is 11.3 Å². The Hall–Kier alpha value is -2.35. The van der Waals surface area contributed by atoms with Crippen molar-refractivity contribution in [1.29, 1.82) is 0 Å². The molecule has 2 fully saturated rings. The van der Waals surface area contributed by atoms with Crippen LogP contribution in [0.5, 0.6) is 5.75 Å². The van der Waals surface area contributed by atoms with Gasteiger partial charge in [-0.05, 0) is 69.5 Å². The number of hydrogen-bond acceptors (Lipinski definition) is 5. The Balaban J connectivity index is 1.54. The molecule has 3 heterocycles. The molecule has 2 bridgehead atoms. The van der Waals surface area contributed by atoms with E-state index >= 15 is 0 Å². The van der Waals surface area contributed by atoms with Gasteiger partial charge in [-0.15, -0.1) is 10.2 Å². The number of rotatable bonds is 3. The molecule has 4 rings (SSSR count). The molecular formula is C20H23F3N4O. The summed E-state index contributed by atoms with van der Waals surface area (Å²) in [6, 6.07) is 6.66. The van der Waals surface area contributed by atoms with Crippen molar-refractivity contribution in [2.75, 3.05) is 12.4 Å². The van der Waals surface area contributed by atoms with Crippen LogP contribution in [-0.2, 0) is 6.18 Å². The second kappa shape index (κ2) is 6.92. The average molecular weight is 392 g/mol. The monoisotopic (exact) mass is 392 g/mol. The van der Waals surface area contributed by atoms with Crippen LogP contribution in [0.1, 0.15) is 36.8 Å². The molecule has 2 saturated heterocycles. The quantitative estimate of drug-likeness (QED) is 0.819. The molecular weight excluding hydrogens is 369 g/mol. The summed E-state index contributed by atoms with van der Waals surface area (Å²) in [4.78, 5) is 2.44. The standard InChI is InChI=1S/C20H23F3N4O/c1-11-9-12(20(21,22)23)10-17(28)19(11)15-6-8-18(26-25-15)24-14-5-3-13-4-7-16(14)27(13)2/h6,8-10,13-14,16,28H,3-5,7H2,1-2H3,(H,24,26)/t13-,14+,16-/m0/s1. The first kappa shape index (κ1) is 19.0. The van der Waals surface area contributed by atoms with Crippen molar-refractivity contribution < 1.29 is 18.3 Å². The Morgan fingerprint density at radius 1 is 1.11 bits per heavy atom. The Morgan fingerprint density at radius 2 is 1.86 bits per heavy atom. The van der Waals surface area contributed by atoms with Gasteiger partial charge in [-0.25, -0.2) is 0 Å². The highest BCUT2D eigenvalue weighted by Crippen LogP contribution is 2.39. The molecule has 2 aliphatic rings. The highest BCUT2D eigenvalue weighted by atomic mass is 19.4. The summed E-state index contributed by atoms with van der Waals surface area (Å²) in [5.41, 5.74) is 0.0288. The molecule has 1 aromatic carbocycles. The van der Waals surface area contributed by atoms with Crippen LogP contribution >= 0.6 is 0 Å². The molecule has 8 heteroatoms. The number of fused-ring (bicyclic) bond motifs is 2. The van der Waals surface area contributed by atoms with Crippen molar-refractivity contribution in [2.45, 2.75) is 56.9 Å². The molecule has 150 valence electrons. The SMILES string of the molecule is Cc1cc(C(F)(F)F)cc(O)c1-c1ccc(N[C@@H]2CC[C@H]3CC[C@@H]2N3C)nn1. The topological polar surface area (TPSA) is 61.3 Å². The number of aromatic nitrogens is 2. The third-order valence-corrected chi connectivity index (χ3v) is 6.07. The van der Waals surface area contributed by atoms with Crippen molar-refractivity contribution in [3.8, 4) is 17.0 Å². The number of alkyl halides is 3. The minimum atomic E-state index is -4.51. The van der Waals surface area contributed by atoms with Gasteiger partial charge in [-0.2, -0.15) is 13.2 Å². The maximum Gasteiger partial charge on any atom is 0.416 e. The molecule has 28 heavy (non-hydrogen) atoms. The van der Waals surface area contributed by atoms with Gasteiger partial charge in [-0.1, -0.05) is 0 Å². The van der Waals surface area contributed by atoms with Crippen LogP contribution < -0.4 is 5.32 Å². The zero-order chi connectivity index (χ0) is 20.1. The van der Waals surface area contributed by atoms with E-state index in [4.69, 9.17) is 0 Å². The van der Waals surface area contributed by atoms with E-state index in [2.05, 4.69) is 27.5 Å². The van der Waals surface area contributed by atoms with Crippen LogP contribution in [0, 0.1) is 6.92 Å². The summed E-state index contributed by atoms with van der Waals surface area (Å²) in [7, 11) is 2.17. The van der Waals surface area contributed by atoms with E-state index in [1.54, 1.807) is 12.1 Å². The van der Waals surface area contributed by atoms with Crippen LogP contribution in [0.25, 0.3) is 11.3 Å². The van der Waals surface area contributed by atoms with Crippen LogP contribution in [0.4, 0.5) is 19.0 Å². The molecule has 0 radical (unpaired) electrons. The van der Waals surface area contributed by atoms with Crippen molar-refractivity contribution in [3.05, 3.63) is 35.4 Å². The number of aryl methyl sites for hydroxylation is 1. The number of nitrogens with zero attached hydrogens (tertiary/aromatic N) is 3. The summed E-state index contributed by atoms with van der Waals surface area (Å²) >= 11 is 0. The number of aromatic hydroxyl groups is 1. The summed E-state index contributed by atoms with van der Waals surface area (Å²) in [6.07, 6.45) is 0.142. The maximum absolute atomic E-state index is 12.9. The molecule has 5 nitrogen and oxygen atoms in total. The predicted molar refractivity (Wildman–Crippen MR) is 100 cm³/mol. The summed E-state index contributed by atoms with van der Waals surface area (Å²) < 4.78 is 38.7. The largest absolute Gasteiger partial charge is 0.507 e. The summed E-state index contributed by atoms with van der Waals surface area (Å²) in [5.74, 6) is 0.185. The number of phenolic OH excluding ortho intramolecular Hbond substituents is 1. The number of piperidine rings is 1. The fourth-order valence-electron chi connectivity index (χ4n) is 4.60. The van der Waals surface area contributed by atoms with Crippen molar-refractivity contribution in [1.82, 2.24) is 15.1 Å². The second-order valence-corrected chi connectivity index (χ2v) is 7.78. The van der Waals surface area contributed by atoms with E-state index in [9.17, 15) is 18.3 Å². The Kier molecular flexibility index (Phi) is 4.69. The Labute approximate surface area is 161 Å². The summed E-state index contributed by atoms with van der Waals surface area (Å²) in [6.45, 7) is 1.52. The number of benzene rings is 1. The van der Waals surface area contributed by atoms with Crippen LogP contribution in [0.3, 0.4) is 0 Å². The van der Waals surface area contributed by atoms with Gasteiger partial charge < -0.3 is 10.4 Å². The van der Waals surface area contributed by atoms with Crippen molar-refractivity contribution in [2.24, 2.45) is 0 Å². The van der Waals surface area contributed by atoms with Gasteiger partial charge in [0.2, 0.25) is 0 Å². The molecule has 3 atom stereocenters. The zero-order valence-electron chi connectivity index (χ0n) is 15.8.